The number of aromatic nitrogens is 2. The van der Waals surface area contributed by atoms with Crippen LogP contribution in [0.2, 0.25) is 0 Å². The molecule has 0 fully saturated rings. The third-order valence-electron chi connectivity index (χ3n) is 2.64. The van der Waals surface area contributed by atoms with Gasteiger partial charge in [-0.05, 0) is 18.9 Å². The molecular formula is C11H15N3O. The van der Waals surface area contributed by atoms with E-state index in [2.05, 4.69) is 27.9 Å². The molecule has 0 spiro atoms. The highest BCUT2D eigenvalue weighted by Crippen LogP contribution is 2.25. The molecule has 0 saturated carbocycles. The number of rotatable bonds is 2. The highest BCUT2D eigenvalue weighted by molar-refractivity contribution is 5.75. The first-order valence-corrected chi connectivity index (χ1v) is 5.23. The van der Waals surface area contributed by atoms with Crippen molar-refractivity contribution in [3.8, 4) is 0 Å². The highest BCUT2D eigenvalue weighted by atomic mass is 16.1. The van der Waals surface area contributed by atoms with E-state index in [1.165, 1.54) is 6.33 Å². The Morgan fingerprint density at radius 1 is 1.60 bits per heavy atom. The van der Waals surface area contributed by atoms with E-state index in [4.69, 9.17) is 0 Å². The normalized spacial score (nSPS) is 14.8. The summed E-state index contributed by atoms with van der Waals surface area (Å²) in [4.78, 5) is 20.7. The molecule has 4 nitrogen and oxygen atoms in total. The monoisotopic (exact) mass is 205 g/mol. The van der Waals surface area contributed by atoms with Gasteiger partial charge in [0.25, 0.3) is 5.56 Å². The van der Waals surface area contributed by atoms with E-state index in [9.17, 15) is 4.79 Å². The second kappa shape index (κ2) is 3.88. The quantitative estimate of drug-likeness (QED) is 0.794. The van der Waals surface area contributed by atoms with Crippen molar-refractivity contribution in [1.29, 1.82) is 0 Å². The first-order chi connectivity index (χ1) is 7.24. The Morgan fingerprint density at radius 3 is 3.13 bits per heavy atom. The molecule has 0 saturated heterocycles. The molecule has 15 heavy (non-hydrogen) atoms. The van der Waals surface area contributed by atoms with Gasteiger partial charge in [-0.3, -0.25) is 4.79 Å². The third kappa shape index (κ3) is 1.67. The van der Waals surface area contributed by atoms with Crippen molar-refractivity contribution in [2.75, 3.05) is 18.0 Å². The molecule has 2 heterocycles. The van der Waals surface area contributed by atoms with Crippen LogP contribution in [-0.2, 0) is 0 Å². The maximum Gasteiger partial charge on any atom is 0.260 e. The lowest BCUT2D eigenvalue weighted by molar-refractivity contribution is 0.789. The van der Waals surface area contributed by atoms with E-state index < -0.39 is 0 Å². The average Bonchev–Trinajstić information content (AvgIpc) is 2.22. The number of allylic oxidation sites excluding steroid dienone is 1. The van der Waals surface area contributed by atoms with Crippen molar-refractivity contribution in [2.45, 2.75) is 20.3 Å². The minimum Gasteiger partial charge on any atom is -0.352 e. The number of hydrogen-bond donors (Lipinski definition) is 1. The Hall–Kier alpha value is -1.58. The van der Waals surface area contributed by atoms with Crippen LogP contribution in [0.1, 0.15) is 25.8 Å². The van der Waals surface area contributed by atoms with Crippen molar-refractivity contribution < 1.29 is 0 Å². The predicted octanol–water partition coefficient (Wildman–Crippen LogP) is 1.40. The third-order valence-corrected chi connectivity index (χ3v) is 2.64. The predicted molar refractivity (Wildman–Crippen MR) is 61.0 cm³/mol. The lowest BCUT2D eigenvalue weighted by Crippen LogP contribution is -2.32. The Balaban J connectivity index is 2.52. The summed E-state index contributed by atoms with van der Waals surface area (Å²) < 4.78 is 0. The minimum absolute atomic E-state index is 0.0467. The molecule has 1 aliphatic rings. The topological polar surface area (TPSA) is 49.0 Å². The summed E-state index contributed by atoms with van der Waals surface area (Å²) in [6.45, 7) is 5.87. The van der Waals surface area contributed by atoms with Crippen molar-refractivity contribution in [3.63, 3.8) is 0 Å². The Bertz CT molecular complexity index is 447. The molecular weight excluding hydrogens is 190 g/mol. The molecule has 0 atom stereocenters. The van der Waals surface area contributed by atoms with Gasteiger partial charge in [-0.25, -0.2) is 4.98 Å². The Kier molecular flexibility index (Phi) is 2.58. The second-order valence-electron chi connectivity index (χ2n) is 3.76. The summed E-state index contributed by atoms with van der Waals surface area (Å²) in [6, 6.07) is 0. The molecule has 0 aliphatic carbocycles. The standard InChI is InChI=1S/C11H15N3O/c1-3-5-14-6-4-8(2)9-10(14)12-7-13-11(9)15/h4,7H,3,5-6H2,1-2H3,(H,12,13,15). The zero-order valence-corrected chi connectivity index (χ0v) is 9.08. The molecule has 0 unspecified atom stereocenters. The van der Waals surface area contributed by atoms with E-state index in [1.807, 2.05) is 6.92 Å². The smallest absolute Gasteiger partial charge is 0.260 e. The molecule has 4 heteroatoms. The van der Waals surface area contributed by atoms with Gasteiger partial charge in [-0.2, -0.15) is 0 Å². The zero-order chi connectivity index (χ0) is 10.8. The molecule has 0 bridgehead atoms. The van der Waals surface area contributed by atoms with Crippen molar-refractivity contribution in [3.05, 3.63) is 28.3 Å². The van der Waals surface area contributed by atoms with Gasteiger partial charge in [0.2, 0.25) is 0 Å². The first kappa shape index (κ1) is 9.96. The summed E-state index contributed by atoms with van der Waals surface area (Å²) in [5.41, 5.74) is 1.69. The fraction of sp³-hybridized carbons (Fsp3) is 0.455. The van der Waals surface area contributed by atoms with Crippen LogP contribution >= 0.6 is 0 Å². The number of nitrogens with zero attached hydrogens (tertiary/aromatic N) is 2. The summed E-state index contributed by atoms with van der Waals surface area (Å²) in [5, 5.41) is 0. The Morgan fingerprint density at radius 2 is 2.40 bits per heavy atom. The van der Waals surface area contributed by atoms with E-state index in [0.29, 0.717) is 0 Å². The molecule has 2 rings (SSSR count). The molecule has 0 radical (unpaired) electrons. The lowest BCUT2D eigenvalue weighted by atomic mass is 10.1. The fourth-order valence-corrected chi connectivity index (χ4v) is 1.89. The van der Waals surface area contributed by atoms with Gasteiger partial charge in [-0.1, -0.05) is 13.0 Å². The summed E-state index contributed by atoms with van der Waals surface area (Å²) >= 11 is 0. The van der Waals surface area contributed by atoms with E-state index in [-0.39, 0.29) is 5.56 Å². The summed E-state index contributed by atoms with van der Waals surface area (Å²) in [6.07, 6.45) is 4.61. The van der Waals surface area contributed by atoms with Gasteiger partial charge in [0.1, 0.15) is 5.82 Å². The first-order valence-electron chi connectivity index (χ1n) is 5.23. The SMILES string of the molecule is CCCN1CC=C(C)c2c1nc[nH]c2=O. The molecule has 1 aliphatic heterocycles. The number of nitrogens with one attached hydrogen (secondary N) is 1. The second-order valence-corrected chi connectivity index (χ2v) is 3.76. The average molecular weight is 205 g/mol. The molecule has 1 aromatic rings. The highest BCUT2D eigenvalue weighted by Gasteiger charge is 2.19. The number of aromatic amines is 1. The van der Waals surface area contributed by atoms with Crippen molar-refractivity contribution in [2.24, 2.45) is 0 Å². The van der Waals surface area contributed by atoms with Crippen molar-refractivity contribution in [1.82, 2.24) is 9.97 Å². The molecule has 0 aromatic carbocycles. The van der Waals surface area contributed by atoms with Crippen LogP contribution in [0, 0.1) is 0 Å². The van der Waals surface area contributed by atoms with Gasteiger partial charge in [0.05, 0.1) is 11.9 Å². The van der Waals surface area contributed by atoms with E-state index in [1.54, 1.807) is 0 Å². The molecule has 1 aromatic heterocycles. The van der Waals surface area contributed by atoms with Gasteiger partial charge in [0, 0.05) is 13.1 Å². The van der Waals surface area contributed by atoms with E-state index in [0.717, 1.165) is 36.5 Å². The maximum absolute atomic E-state index is 11.7. The number of H-pyrrole nitrogens is 1. The van der Waals surface area contributed by atoms with Gasteiger partial charge < -0.3 is 9.88 Å². The molecule has 1 N–H and O–H groups in total. The maximum atomic E-state index is 11.7. The molecule has 80 valence electrons. The number of anilines is 1. The van der Waals surface area contributed by atoms with Gasteiger partial charge in [0.15, 0.2) is 0 Å². The zero-order valence-electron chi connectivity index (χ0n) is 9.08. The van der Waals surface area contributed by atoms with Crippen molar-refractivity contribution >= 4 is 11.4 Å². The summed E-state index contributed by atoms with van der Waals surface area (Å²) in [7, 11) is 0. The van der Waals surface area contributed by atoms with Crippen LogP contribution in [0.5, 0.6) is 0 Å². The summed E-state index contributed by atoms with van der Waals surface area (Å²) in [5.74, 6) is 0.820. The molecule has 0 amide bonds. The lowest BCUT2D eigenvalue weighted by Gasteiger charge is -2.27. The minimum atomic E-state index is -0.0467. The Labute approximate surface area is 88.7 Å². The van der Waals surface area contributed by atoms with Gasteiger partial charge >= 0.3 is 0 Å². The van der Waals surface area contributed by atoms with E-state index >= 15 is 0 Å². The fourth-order valence-electron chi connectivity index (χ4n) is 1.89. The largest absolute Gasteiger partial charge is 0.352 e. The van der Waals surface area contributed by atoms with Crippen LogP contribution in [-0.4, -0.2) is 23.1 Å². The van der Waals surface area contributed by atoms with Gasteiger partial charge in [-0.15, -0.1) is 0 Å². The number of fused-ring (bicyclic) bond motifs is 1. The van der Waals surface area contributed by atoms with Crippen LogP contribution in [0.4, 0.5) is 5.82 Å². The van der Waals surface area contributed by atoms with Crippen LogP contribution in [0.25, 0.3) is 5.57 Å². The van der Waals surface area contributed by atoms with Crippen LogP contribution < -0.4 is 10.5 Å². The van der Waals surface area contributed by atoms with Crippen LogP contribution in [0.15, 0.2) is 17.2 Å². The van der Waals surface area contributed by atoms with Crippen LogP contribution in [0.3, 0.4) is 0 Å². The number of hydrogen-bond acceptors (Lipinski definition) is 3.